The van der Waals surface area contributed by atoms with Crippen LogP contribution in [0.1, 0.15) is 13.8 Å². The fraction of sp³-hybridized carbons (Fsp3) is 0.273. The summed E-state index contributed by atoms with van der Waals surface area (Å²) in [5, 5.41) is 7.39. The van der Waals surface area contributed by atoms with E-state index in [0.717, 1.165) is 11.3 Å². The summed E-state index contributed by atoms with van der Waals surface area (Å²) < 4.78 is 10.6. The first-order chi connectivity index (χ1) is 7.65. The molecule has 5 heteroatoms. The summed E-state index contributed by atoms with van der Waals surface area (Å²) in [6, 6.07) is 7.48. The number of nitrogens with zero attached hydrogens (tertiary/aromatic N) is 2. The molecule has 1 heterocycles. The van der Waals surface area contributed by atoms with Gasteiger partial charge in [0.15, 0.2) is 0 Å². The minimum atomic E-state index is 0.0671. The Morgan fingerprint density at radius 3 is 2.38 bits per heavy atom. The second kappa shape index (κ2) is 4.22. The minimum Gasteiger partial charge on any atom is -0.491 e. The van der Waals surface area contributed by atoms with Gasteiger partial charge in [-0.15, -0.1) is 5.10 Å². The lowest BCUT2D eigenvalue weighted by Crippen LogP contribution is -2.05. The van der Waals surface area contributed by atoms with Crippen LogP contribution in [0.5, 0.6) is 5.75 Å². The molecule has 0 amide bonds. The molecule has 2 rings (SSSR count). The van der Waals surface area contributed by atoms with E-state index in [1.807, 2.05) is 38.1 Å². The van der Waals surface area contributed by atoms with Gasteiger partial charge in [-0.2, -0.15) is 0 Å². The van der Waals surface area contributed by atoms with Crippen LogP contribution in [0.15, 0.2) is 28.7 Å². The standard InChI is InChI=1S/C11H13N3O2/c1-7(2)15-9-5-3-8(4-6-9)10-13-14-11(12)16-10/h3-7H,1-2H3,(H2,12,14). The Bertz CT molecular complexity index is 462. The van der Waals surface area contributed by atoms with Crippen LogP contribution in [0.2, 0.25) is 0 Å². The molecule has 0 fully saturated rings. The third-order valence-electron chi connectivity index (χ3n) is 1.91. The zero-order valence-corrected chi connectivity index (χ0v) is 9.18. The van der Waals surface area contributed by atoms with Crippen molar-refractivity contribution in [2.45, 2.75) is 20.0 Å². The van der Waals surface area contributed by atoms with Crippen LogP contribution in [0.3, 0.4) is 0 Å². The van der Waals surface area contributed by atoms with E-state index in [1.54, 1.807) is 0 Å². The van der Waals surface area contributed by atoms with Gasteiger partial charge in [0.1, 0.15) is 5.75 Å². The molecule has 0 saturated heterocycles. The maximum atomic E-state index is 5.52. The lowest BCUT2D eigenvalue weighted by molar-refractivity contribution is 0.242. The summed E-state index contributed by atoms with van der Waals surface area (Å²) in [6.45, 7) is 3.96. The summed E-state index contributed by atoms with van der Waals surface area (Å²) in [6.07, 6.45) is 0.157. The van der Waals surface area contributed by atoms with E-state index in [0.29, 0.717) is 5.89 Å². The average molecular weight is 219 g/mol. The van der Waals surface area contributed by atoms with Crippen LogP contribution in [-0.4, -0.2) is 16.3 Å². The Kier molecular flexibility index (Phi) is 2.76. The van der Waals surface area contributed by atoms with E-state index in [9.17, 15) is 0 Å². The van der Waals surface area contributed by atoms with Gasteiger partial charge in [-0.1, -0.05) is 5.10 Å². The first-order valence-corrected chi connectivity index (χ1v) is 5.01. The maximum Gasteiger partial charge on any atom is 0.313 e. The molecule has 0 aliphatic carbocycles. The third-order valence-corrected chi connectivity index (χ3v) is 1.91. The molecule has 1 aromatic carbocycles. The van der Waals surface area contributed by atoms with Crippen LogP contribution >= 0.6 is 0 Å². The van der Waals surface area contributed by atoms with Crippen molar-refractivity contribution in [1.82, 2.24) is 10.2 Å². The number of benzene rings is 1. The van der Waals surface area contributed by atoms with Crippen molar-refractivity contribution in [2.24, 2.45) is 0 Å². The van der Waals surface area contributed by atoms with Crippen LogP contribution in [-0.2, 0) is 0 Å². The van der Waals surface area contributed by atoms with Crippen molar-refractivity contribution in [3.63, 3.8) is 0 Å². The van der Waals surface area contributed by atoms with Crippen LogP contribution in [0.25, 0.3) is 11.5 Å². The van der Waals surface area contributed by atoms with Crippen molar-refractivity contribution >= 4 is 6.01 Å². The predicted octanol–water partition coefficient (Wildman–Crippen LogP) is 2.11. The normalized spacial score (nSPS) is 10.7. The second-order valence-electron chi connectivity index (χ2n) is 3.64. The number of hydrogen-bond acceptors (Lipinski definition) is 5. The number of anilines is 1. The van der Waals surface area contributed by atoms with Crippen molar-refractivity contribution < 1.29 is 9.15 Å². The number of nitrogen functional groups attached to an aromatic ring is 1. The fourth-order valence-corrected chi connectivity index (χ4v) is 1.30. The van der Waals surface area contributed by atoms with E-state index >= 15 is 0 Å². The zero-order valence-electron chi connectivity index (χ0n) is 9.18. The highest BCUT2D eigenvalue weighted by Crippen LogP contribution is 2.22. The van der Waals surface area contributed by atoms with Gasteiger partial charge >= 0.3 is 6.01 Å². The molecule has 0 saturated carbocycles. The SMILES string of the molecule is CC(C)Oc1ccc(-c2nnc(N)o2)cc1. The predicted molar refractivity (Wildman–Crippen MR) is 59.9 cm³/mol. The number of hydrogen-bond donors (Lipinski definition) is 1. The summed E-state index contributed by atoms with van der Waals surface area (Å²) in [5.41, 5.74) is 6.17. The first-order valence-electron chi connectivity index (χ1n) is 5.01. The van der Waals surface area contributed by atoms with Gasteiger partial charge in [-0.3, -0.25) is 0 Å². The first kappa shape index (κ1) is 10.5. The highest BCUT2D eigenvalue weighted by atomic mass is 16.5. The molecule has 0 aliphatic heterocycles. The van der Waals surface area contributed by atoms with Gasteiger partial charge < -0.3 is 14.9 Å². The van der Waals surface area contributed by atoms with Crippen molar-refractivity contribution in [2.75, 3.05) is 5.73 Å². The van der Waals surface area contributed by atoms with E-state index < -0.39 is 0 Å². The Labute approximate surface area is 93.2 Å². The van der Waals surface area contributed by atoms with E-state index in [-0.39, 0.29) is 12.1 Å². The van der Waals surface area contributed by atoms with Crippen LogP contribution < -0.4 is 10.5 Å². The third kappa shape index (κ3) is 2.31. The Morgan fingerprint density at radius 1 is 1.19 bits per heavy atom. The van der Waals surface area contributed by atoms with Crippen LogP contribution in [0, 0.1) is 0 Å². The minimum absolute atomic E-state index is 0.0671. The molecule has 0 unspecified atom stereocenters. The van der Waals surface area contributed by atoms with E-state index in [2.05, 4.69) is 10.2 Å². The number of ether oxygens (including phenoxy) is 1. The van der Waals surface area contributed by atoms with Crippen LogP contribution in [0.4, 0.5) is 6.01 Å². The molecule has 0 atom stereocenters. The maximum absolute atomic E-state index is 5.52. The molecule has 0 radical (unpaired) electrons. The zero-order chi connectivity index (χ0) is 11.5. The Hall–Kier alpha value is -2.04. The van der Waals surface area contributed by atoms with Gasteiger partial charge in [-0.05, 0) is 38.1 Å². The molecular formula is C11H13N3O2. The van der Waals surface area contributed by atoms with Gasteiger partial charge in [0, 0.05) is 5.56 Å². The molecular weight excluding hydrogens is 206 g/mol. The lowest BCUT2D eigenvalue weighted by Gasteiger charge is -2.09. The molecule has 0 spiro atoms. The monoisotopic (exact) mass is 219 g/mol. The fourth-order valence-electron chi connectivity index (χ4n) is 1.30. The summed E-state index contributed by atoms with van der Waals surface area (Å²) in [7, 11) is 0. The van der Waals surface area contributed by atoms with E-state index in [1.165, 1.54) is 0 Å². The summed E-state index contributed by atoms with van der Waals surface area (Å²) in [5.74, 6) is 1.22. The highest BCUT2D eigenvalue weighted by molar-refractivity contribution is 5.54. The molecule has 2 aromatic rings. The van der Waals surface area contributed by atoms with Gasteiger partial charge in [0.2, 0.25) is 5.89 Å². The number of rotatable bonds is 3. The van der Waals surface area contributed by atoms with E-state index in [4.69, 9.17) is 14.9 Å². The molecule has 1 aromatic heterocycles. The lowest BCUT2D eigenvalue weighted by atomic mass is 10.2. The highest BCUT2D eigenvalue weighted by Gasteiger charge is 2.06. The number of aromatic nitrogens is 2. The topological polar surface area (TPSA) is 74.2 Å². The number of nitrogens with two attached hydrogens (primary N) is 1. The molecule has 0 aliphatic rings. The molecule has 2 N–H and O–H groups in total. The van der Waals surface area contributed by atoms with Crippen molar-refractivity contribution in [3.05, 3.63) is 24.3 Å². The molecule has 5 nitrogen and oxygen atoms in total. The summed E-state index contributed by atoms with van der Waals surface area (Å²) in [4.78, 5) is 0. The quantitative estimate of drug-likeness (QED) is 0.855. The average Bonchev–Trinajstić information content (AvgIpc) is 2.65. The smallest absolute Gasteiger partial charge is 0.313 e. The van der Waals surface area contributed by atoms with Gasteiger partial charge in [0.05, 0.1) is 6.10 Å². The van der Waals surface area contributed by atoms with Gasteiger partial charge in [0.25, 0.3) is 0 Å². The summed E-state index contributed by atoms with van der Waals surface area (Å²) >= 11 is 0. The molecule has 0 bridgehead atoms. The second-order valence-corrected chi connectivity index (χ2v) is 3.64. The Balaban J connectivity index is 2.19. The molecule has 84 valence electrons. The van der Waals surface area contributed by atoms with Crippen molar-refractivity contribution in [1.29, 1.82) is 0 Å². The Morgan fingerprint density at radius 2 is 1.88 bits per heavy atom. The van der Waals surface area contributed by atoms with Gasteiger partial charge in [-0.25, -0.2) is 0 Å². The molecule has 16 heavy (non-hydrogen) atoms. The van der Waals surface area contributed by atoms with Crippen molar-refractivity contribution in [3.8, 4) is 17.2 Å². The largest absolute Gasteiger partial charge is 0.491 e.